The van der Waals surface area contributed by atoms with Gasteiger partial charge in [0.25, 0.3) is 0 Å². The summed E-state index contributed by atoms with van der Waals surface area (Å²) < 4.78 is 2.00. The second-order valence-corrected chi connectivity index (χ2v) is 5.33. The van der Waals surface area contributed by atoms with Crippen molar-refractivity contribution in [3.05, 3.63) is 36.2 Å². The summed E-state index contributed by atoms with van der Waals surface area (Å²) in [6.45, 7) is 7.43. The van der Waals surface area contributed by atoms with Crippen LogP contribution in [-0.2, 0) is 6.54 Å². The second-order valence-electron chi connectivity index (χ2n) is 4.85. The first-order chi connectivity index (χ1) is 8.06. The summed E-state index contributed by atoms with van der Waals surface area (Å²) in [5, 5.41) is 4.38. The predicted molar refractivity (Wildman–Crippen MR) is 74.5 cm³/mol. The lowest BCUT2D eigenvalue weighted by atomic mass is 10.1. The van der Waals surface area contributed by atoms with E-state index in [0.717, 1.165) is 11.4 Å². The molecule has 0 bridgehead atoms. The van der Waals surface area contributed by atoms with Crippen LogP contribution in [-0.4, -0.2) is 9.78 Å². The monoisotopic (exact) mass is 246 g/mol. The van der Waals surface area contributed by atoms with Crippen molar-refractivity contribution in [1.29, 1.82) is 0 Å². The highest BCUT2D eigenvalue weighted by Gasteiger charge is 2.04. The molecule has 0 radical (unpaired) electrons. The molecule has 1 heterocycles. The molecule has 0 saturated heterocycles. The highest BCUT2D eigenvalue weighted by atomic mass is 32.1. The molecule has 2 nitrogen and oxygen atoms in total. The van der Waals surface area contributed by atoms with Crippen LogP contribution in [0.2, 0.25) is 0 Å². The van der Waals surface area contributed by atoms with Crippen molar-refractivity contribution < 1.29 is 0 Å². The summed E-state index contributed by atoms with van der Waals surface area (Å²) in [6.07, 6.45) is 4.03. The first-order valence-corrected chi connectivity index (χ1v) is 6.33. The molecule has 2 aromatic rings. The molecule has 0 aliphatic rings. The Bertz CT molecular complexity index is 515. The summed E-state index contributed by atoms with van der Waals surface area (Å²) in [4.78, 5) is 1.03. The van der Waals surface area contributed by atoms with Gasteiger partial charge in [-0.3, -0.25) is 4.68 Å². The van der Waals surface area contributed by atoms with E-state index in [2.05, 4.69) is 56.8 Å². The first-order valence-electron chi connectivity index (χ1n) is 5.88. The molecule has 3 heteroatoms. The van der Waals surface area contributed by atoms with E-state index in [9.17, 15) is 0 Å². The van der Waals surface area contributed by atoms with Gasteiger partial charge in [-0.15, -0.1) is 12.6 Å². The largest absolute Gasteiger partial charge is 0.272 e. The molecule has 1 aromatic carbocycles. The fourth-order valence-corrected chi connectivity index (χ4v) is 1.96. The first kappa shape index (κ1) is 12.2. The fourth-order valence-electron chi connectivity index (χ4n) is 1.82. The number of rotatable bonds is 3. The standard InChI is InChI=1S/C14H18N2S/c1-10(2)8-16-9-13(7-15-16)12-4-5-14(17)11(3)6-12/h4-7,9-10,17H,8H2,1-3H3. The summed E-state index contributed by atoms with van der Waals surface area (Å²) in [5.74, 6) is 0.615. The Morgan fingerprint density at radius 1 is 1.29 bits per heavy atom. The van der Waals surface area contributed by atoms with Crippen LogP contribution in [0.4, 0.5) is 0 Å². The van der Waals surface area contributed by atoms with Crippen LogP contribution >= 0.6 is 12.6 Å². The van der Waals surface area contributed by atoms with Gasteiger partial charge < -0.3 is 0 Å². The molecule has 0 unspecified atom stereocenters. The van der Waals surface area contributed by atoms with E-state index >= 15 is 0 Å². The molecule has 0 aliphatic carbocycles. The van der Waals surface area contributed by atoms with Gasteiger partial charge in [0.05, 0.1) is 6.20 Å². The Morgan fingerprint density at radius 3 is 2.71 bits per heavy atom. The minimum Gasteiger partial charge on any atom is -0.272 e. The zero-order valence-corrected chi connectivity index (χ0v) is 11.4. The molecule has 90 valence electrons. The molecule has 0 atom stereocenters. The molecular formula is C14H18N2S. The maximum absolute atomic E-state index is 4.39. The molecule has 0 saturated carbocycles. The number of aromatic nitrogens is 2. The van der Waals surface area contributed by atoms with Crippen molar-refractivity contribution in [2.24, 2.45) is 5.92 Å². The second kappa shape index (κ2) is 4.96. The number of hydrogen-bond donors (Lipinski definition) is 1. The summed E-state index contributed by atoms with van der Waals surface area (Å²) in [6, 6.07) is 6.28. The van der Waals surface area contributed by atoms with Crippen LogP contribution in [0.5, 0.6) is 0 Å². The number of hydrogen-bond acceptors (Lipinski definition) is 2. The van der Waals surface area contributed by atoms with Gasteiger partial charge in [0.1, 0.15) is 0 Å². The van der Waals surface area contributed by atoms with Crippen LogP contribution in [0.1, 0.15) is 19.4 Å². The van der Waals surface area contributed by atoms with E-state index in [1.165, 1.54) is 16.7 Å². The summed E-state index contributed by atoms with van der Waals surface area (Å²) in [5.41, 5.74) is 3.57. The Morgan fingerprint density at radius 2 is 2.06 bits per heavy atom. The van der Waals surface area contributed by atoms with E-state index in [4.69, 9.17) is 0 Å². The van der Waals surface area contributed by atoms with E-state index in [0.29, 0.717) is 5.92 Å². The lowest BCUT2D eigenvalue weighted by Crippen LogP contribution is -2.03. The quantitative estimate of drug-likeness (QED) is 0.815. The third-order valence-electron chi connectivity index (χ3n) is 2.72. The Labute approximate surface area is 108 Å². The van der Waals surface area contributed by atoms with Crippen molar-refractivity contribution in [1.82, 2.24) is 9.78 Å². The van der Waals surface area contributed by atoms with E-state index < -0.39 is 0 Å². The van der Waals surface area contributed by atoms with Gasteiger partial charge >= 0.3 is 0 Å². The SMILES string of the molecule is Cc1cc(-c2cnn(CC(C)C)c2)ccc1S. The van der Waals surface area contributed by atoms with Gasteiger partial charge in [-0.1, -0.05) is 26.0 Å². The molecule has 0 N–H and O–H groups in total. The van der Waals surface area contributed by atoms with Gasteiger partial charge in [0.15, 0.2) is 0 Å². The normalized spacial score (nSPS) is 11.1. The highest BCUT2D eigenvalue weighted by molar-refractivity contribution is 7.80. The molecule has 0 aliphatic heterocycles. The Hall–Kier alpha value is -1.22. The van der Waals surface area contributed by atoms with E-state index in [-0.39, 0.29) is 0 Å². The van der Waals surface area contributed by atoms with Crippen molar-refractivity contribution in [2.45, 2.75) is 32.2 Å². The number of aryl methyl sites for hydroxylation is 1. The van der Waals surface area contributed by atoms with Crippen LogP contribution in [0.15, 0.2) is 35.5 Å². The van der Waals surface area contributed by atoms with Gasteiger partial charge in [0.2, 0.25) is 0 Å². The number of nitrogens with zero attached hydrogens (tertiary/aromatic N) is 2. The summed E-state index contributed by atoms with van der Waals surface area (Å²) >= 11 is 4.39. The third-order valence-corrected chi connectivity index (χ3v) is 3.22. The van der Waals surface area contributed by atoms with Gasteiger partial charge in [-0.25, -0.2) is 0 Å². The molecule has 0 fully saturated rings. The van der Waals surface area contributed by atoms with Gasteiger partial charge in [-0.05, 0) is 30.0 Å². The van der Waals surface area contributed by atoms with Crippen LogP contribution < -0.4 is 0 Å². The Kier molecular flexibility index (Phi) is 3.57. The fraction of sp³-hybridized carbons (Fsp3) is 0.357. The van der Waals surface area contributed by atoms with Crippen molar-refractivity contribution in [3.63, 3.8) is 0 Å². The average molecular weight is 246 g/mol. The number of thiol groups is 1. The lowest BCUT2D eigenvalue weighted by molar-refractivity contribution is 0.483. The zero-order chi connectivity index (χ0) is 12.4. The third kappa shape index (κ3) is 2.91. The molecule has 17 heavy (non-hydrogen) atoms. The van der Waals surface area contributed by atoms with Crippen molar-refractivity contribution >= 4 is 12.6 Å². The molecule has 2 rings (SSSR count). The average Bonchev–Trinajstić information content (AvgIpc) is 2.69. The minimum atomic E-state index is 0.615. The maximum atomic E-state index is 4.39. The van der Waals surface area contributed by atoms with Crippen LogP contribution in [0.3, 0.4) is 0 Å². The van der Waals surface area contributed by atoms with Crippen molar-refractivity contribution in [3.8, 4) is 11.1 Å². The summed E-state index contributed by atoms with van der Waals surface area (Å²) in [7, 11) is 0. The van der Waals surface area contributed by atoms with Crippen LogP contribution in [0.25, 0.3) is 11.1 Å². The predicted octanol–water partition coefficient (Wildman–Crippen LogP) is 3.80. The molecular weight excluding hydrogens is 228 g/mol. The number of benzene rings is 1. The molecule has 1 aromatic heterocycles. The van der Waals surface area contributed by atoms with Crippen molar-refractivity contribution in [2.75, 3.05) is 0 Å². The smallest absolute Gasteiger partial charge is 0.0568 e. The van der Waals surface area contributed by atoms with Gasteiger partial charge in [0, 0.05) is 23.2 Å². The minimum absolute atomic E-state index is 0.615. The zero-order valence-electron chi connectivity index (χ0n) is 10.5. The Balaban J connectivity index is 2.27. The maximum Gasteiger partial charge on any atom is 0.0568 e. The highest BCUT2D eigenvalue weighted by Crippen LogP contribution is 2.23. The van der Waals surface area contributed by atoms with Gasteiger partial charge in [-0.2, -0.15) is 5.10 Å². The molecule has 0 amide bonds. The molecule has 0 spiro atoms. The lowest BCUT2D eigenvalue weighted by Gasteiger charge is -2.04. The van der Waals surface area contributed by atoms with E-state index in [1.54, 1.807) is 0 Å². The topological polar surface area (TPSA) is 17.8 Å². The van der Waals surface area contributed by atoms with Crippen LogP contribution in [0, 0.1) is 12.8 Å². The van der Waals surface area contributed by atoms with E-state index in [1.807, 2.05) is 16.9 Å².